The van der Waals surface area contributed by atoms with Crippen molar-refractivity contribution in [2.75, 3.05) is 5.32 Å². The van der Waals surface area contributed by atoms with Crippen LogP contribution in [0.5, 0.6) is 0 Å². The lowest BCUT2D eigenvalue weighted by Crippen LogP contribution is -2.13. The van der Waals surface area contributed by atoms with Crippen molar-refractivity contribution in [3.63, 3.8) is 0 Å². The van der Waals surface area contributed by atoms with Crippen LogP contribution in [0.4, 0.5) is 5.82 Å². The van der Waals surface area contributed by atoms with Gasteiger partial charge in [-0.25, -0.2) is 9.97 Å². The molecule has 16 heavy (non-hydrogen) atoms. The lowest BCUT2D eigenvalue weighted by Gasteiger charge is -2.03. The number of carbonyl (C=O) groups excluding carboxylic acids is 1. The second-order valence-electron chi connectivity index (χ2n) is 3.37. The molecule has 0 radical (unpaired) electrons. The summed E-state index contributed by atoms with van der Waals surface area (Å²) in [4.78, 5) is 19.9. The molecule has 2 rings (SSSR count). The van der Waals surface area contributed by atoms with Crippen LogP contribution in [0.25, 0.3) is 0 Å². The van der Waals surface area contributed by atoms with Crippen molar-refractivity contribution in [3.05, 3.63) is 41.7 Å². The fraction of sp³-hybridized carbons (Fsp3) is 0.182. The summed E-state index contributed by atoms with van der Waals surface area (Å²) in [6.45, 7) is 3.62. The third-order valence-corrected chi connectivity index (χ3v) is 1.95. The van der Waals surface area contributed by atoms with E-state index in [0.29, 0.717) is 11.6 Å². The van der Waals surface area contributed by atoms with Gasteiger partial charge in [0.15, 0.2) is 5.76 Å². The monoisotopic (exact) mass is 217 g/mol. The van der Waals surface area contributed by atoms with E-state index in [2.05, 4.69) is 15.3 Å². The standard InChI is InChI=1S/C11H11N3O2/c1-7-6-10(13-8(2)12-7)14-11(15)9-4-3-5-16-9/h3-6H,1-2H3,(H,12,13,14,15). The number of carbonyl (C=O) groups is 1. The Hall–Kier alpha value is -2.17. The highest BCUT2D eigenvalue weighted by molar-refractivity contribution is 6.01. The first kappa shape index (κ1) is 10.4. The first-order valence-corrected chi connectivity index (χ1v) is 4.82. The first-order valence-electron chi connectivity index (χ1n) is 4.82. The second-order valence-corrected chi connectivity index (χ2v) is 3.37. The van der Waals surface area contributed by atoms with Gasteiger partial charge in [-0.15, -0.1) is 0 Å². The zero-order valence-electron chi connectivity index (χ0n) is 9.02. The Balaban J connectivity index is 2.18. The summed E-state index contributed by atoms with van der Waals surface area (Å²) in [5.74, 6) is 1.04. The van der Waals surface area contributed by atoms with Crippen LogP contribution in [0, 0.1) is 13.8 Å². The van der Waals surface area contributed by atoms with Crippen LogP contribution in [0.2, 0.25) is 0 Å². The number of hydrogen-bond acceptors (Lipinski definition) is 4. The number of hydrogen-bond donors (Lipinski definition) is 1. The maximum absolute atomic E-state index is 11.6. The van der Waals surface area contributed by atoms with E-state index in [1.54, 1.807) is 25.1 Å². The van der Waals surface area contributed by atoms with Gasteiger partial charge >= 0.3 is 0 Å². The molecule has 82 valence electrons. The quantitative estimate of drug-likeness (QED) is 0.834. The van der Waals surface area contributed by atoms with Gasteiger partial charge in [-0.1, -0.05) is 0 Å². The van der Waals surface area contributed by atoms with Crippen LogP contribution in [0.3, 0.4) is 0 Å². The molecule has 5 heteroatoms. The summed E-state index contributed by atoms with van der Waals surface area (Å²) in [7, 11) is 0. The number of furan rings is 1. The maximum Gasteiger partial charge on any atom is 0.292 e. The number of aryl methyl sites for hydroxylation is 2. The van der Waals surface area contributed by atoms with E-state index in [-0.39, 0.29) is 11.7 Å². The highest BCUT2D eigenvalue weighted by Crippen LogP contribution is 2.08. The van der Waals surface area contributed by atoms with Crippen molar-refractivity contribution in [2.45, 2.75) is 13.8 Å². The fourth-order valence-corrected chi connectivity index (χ4v) is 1.37. The van der Waals surface area contributed by atoms with Gasteiger partial charge in [-0.3, -0.25) is 4.79 Å². The number of nitrogens with one attached hydrogen (secondary N) is 1. The summed E-state index contributed by atoms with van der Waals surface area (Å²) >= 11 is 0. The predicted molar refractivity (Wildman–Crippen MR) is 58.2 cm³/mol. The van der Waals surface area contributed by atoms with Gasteiger partial charge in [0.1, 0.15) is 11.6 Å². The van der Waals surface area contributed by atoms with Gasteiger partial charge in [0, 0.05) is 11.8 Å². The lowest BCUT2D eigenvalue weighted by atomic mass is 10.4. The number of amides is 1. The van der Waals surface area contributed by atoms with E-state index in [1.807, 2.05) is 6.92 Å². The van der Waals surface area contributed by atoms with E-state index in [4.69, 9.17) is 4.42 Å². The Morgan fingerprint density at radius 2 is 2.19 bits per heavy atom. The Bertz CT molecular complexity index is 486. The zero-order valence-corrected chi connectivity index (χ0v) is 9.02. The van der Waals surface area contributed by atoms with Crippen LogP contribution in [-0.4, -0.2) is 15.9 Å². The zero-order chi connectivity index (χ0) is 11.5. The first-order chi connectivity index (χ1) is 7.65. The molecule has 5 nitrogen and oxygen atoms in total. The molecule has 2 heterocycles. The number of aromatic nitrogens is 2. The molecule has 0 aliphatic heterocycles. The molecular formula is C11H11N3O2. The van der Waals surface area contributed by atoms with E-state index in [0.717, 1.165) is 5.69 Å². The summed E-state index contributed by atoms with van der Waals surface area (Å²) in [6, 6.07) is 4.95. The van der Waals surface area contributed by atoms with Crippen LogP contribution in [0.15, 0.2) is 28.9 Å². The molecule has 0 bridgehead atoms. The molecule has 2 aromatic rings. The minimum atomic E-state index is -0.317. The number of nitrogens with zero attached hydrogens (tertiary/aromatic N) is 2. The SMILES string of the molecule is Cc1cc(NC(=O)c2ccco2)nc(C)n1. The molecule has 0 aliphatic rings. The van der Waals surface area contributed by atoms with Crippen LogP contribution in [0.1, 0.15) is 22.1 Å². The molecule has 0 unspecified atom stereocenters. The summed E-state index contributed by atoms with van der Waals surface area (Å²) in [6.07, 6.45) is 1.45. The molecule has 0 atom stereocenters. The molecule has 0 spiro atoms. The third kappa shape index (κ3) is 2.25. The summed E-state index contributed by atoms with van der Waals surface area (Å²) in [5.41, 5.74) is 0.808. The van der Waals surface area contributed by atoms with Crippen molar-refractivity contribution >= 4 is 11.7 Å². The van der Waals surface area contributed by atoms with Crippen molar-refractivity contribution in [3.8, 4) is 0 Å². The van der Waals surface area contributed by atoms with Crippen molar-refractivity contribution in [1.29, 1.82) is 0 Å². The van der Waals surface area contributed by atoms with Gasteiger partial charge in [-0.05, 0) is 26.0 Å². The highest BCUT2D eigenvalue weighted by Gasteiger charge is 2.09. The molecule has 0 saturated heterocycles. The smallest absolute Gasteiger partial charge is 0.292 e. The molecule has 2 aromatic heterocycles. The van der Waals surface area contributed by atoms with Gasteiger partial charge in [0.2, 0.25) is 0 Å². The molecule has 0 aliphatic carbocycles. The lowest BCUT2D eigenvalue weighted by molar-refractivity contribution is 0.0996. The average molecular weight is 217 g/mol. The van der Waals surface area contributed by atoms with Gasteiger partial charge in [0.25, 0.3) is 5.91 Å². The van der Waals surface area contributed by atoms with Crippen molar-refractivity contribution in [1.82, 2.24) is 9.97 Å². The molecular weight excluding hydrogens is 206 g/mol. The molecule has 0 fully saturated rings. The Morgan fingerprint density at radius 3 is 2.81 bits per heavy atom. The maximum atomic E-state index is 11.6. The number of rotatable bonds is 2. The van der Waals surface area contributed by atoms with E-state index in [1.165, 1.54) is 6.26 Å². The van der Waals surface area contributed by atoms with E-state index in [9.17, 15) is 4.79 Å². The summed E-state index contributed by atoms with van der Waals surface area (Å²) in [5, 5.41) is 2.64. The third-order valence-electron chi connectivity index (χ3n) is 1.95. The van der Waals surface area contributed by atoms with Gasteiger partial charge in [0.05, 0.1) is 6.26 Å². The number of anilines is 1. The molecule has 0 aromatic carbocycles. The Kier molecular flexibility index (Phi) is 2.68. The van der Waals surface area contributed by atoms with Crippen LogP contribution < -0.4 is 5.32 Å². The minimum Gasteiger partial charge on any atom is -0.459 e. The van der Waals surface area contributed by atoms with Gasteiger partial charge < -0.3 is 9.73 Å². The average Bonchev–Trinajstić information content (AvgIpc) is 2.68. The minimum absolute atomic E-state index is 0.258. The second kappa shape index (κ2) is 4.14. The van der Waals surface area contributed by atoms with Crippen LogP contribution >= 0.6 is 0 Å². The largest absolute Gasteiger partial charge is 0.459 e. The normalized spacial score (nSPS) is 10.1. The fourth-order valence-electron chi connectivity index (χ4n) is 1.37. The van der Waals surface area contributed by atoms with Crippen molar-refractivity contribution in [2.24, 2.45) is 0 Å². The molecule has 0 saturated carbocycles. The molecule has 1 amide bonds. The van der Waals surface area contributed by atoms with Gasteiger partial charge in [-0.2, -0.15) is 0 Å². The van der Waals surface area contributed by atoms with Crippen molar-refractivity contribution < 1.29 is 9.21 Å². The van der Waals surface area contributed by atoms with Crippen LogP contribution in [-0.2, 0) is 0 Å². The highest BCUT2D eigenvalue weighted by atomic mass is 16.3. The summed E-state index contributed by atoms with van der Waals surface area (Å²) < 4.78 is 4.97. The van der Waals surface area contributed by atoms with E-state index >= 15 is 0 Å². The Morgan fingerprint density at radius 1 is 1.38 bits per heavy atom. The van der Waals surface area contributed by atoms with E-state index < -0.39 is 0 Å². The topological polar surface area (TPSA) is 68.0 Å². The Labute approximate surface area is 92.5 Å². The predicted octanol–water partition coefficient (Wildman–Crippen LogP) is 1.94. The molecule has 1 N–H and O–H groups in total.